The first kappa shape index (κ1) is 17.5. The molecule has 0 aliphatic heterocycles. The highest BCUT2D eigenvalue weighted by atomic mass is 16.3. The van der Waals surface area contributed by atoms with Crippen molar-refractivity contribution in [3.63, 3.8) is 0 Å². The first-order valence-electron chi connectivity index (χ1n) is 7.89. The van der Waals surface area contributed by atoms with Gasteiger partial charge in [0.05, 0.1) is 11.3 Å². The van der Waals surface area contributed by atoms with Crippen LogP contribution in [0.25, 0.3) is 0 Å². The van der Waals surface area contributed by atoms with Crippen LogP contribution in [0.5, 0.6) is 5.88 Å². The average molecular weight is 323 g/mol. The molecule has 1 atom stereocenters. The predicted octanol–water partition coefficient (Wildman–Crippen LogP) is 3.76. The molecule has 2 aromatic rings. The fourth-order valence-electron chi connectivity index (χ4n) is 2.53. The van der Waals surface area contributed by atoms with E-state index < -0.39 is 5.56 Å². The predicted molar refractivity (Wildman–Crippen MR) is 95.3 cm³/mol. The maximum atomic E-state index is 12.4. The summed E-state index contributed by atoms with van der Waals surface area (Å²) in [6, 6.07) is 9.38. The number of pyridine rings is 1. The zero-order valence-corrected chi connectivity index (χ0v) is 14.4. The summed E-state index contributed by atoms with van der Waals surface area (Å²) >= 11 is 0. The molecule has 0 radical (unpaired) electrons. The maximum Gasteiger partial charge on any atom is 0.271 e. The van der Waals surface area contributed by atoms with Crippen molar-refractivity contribution >= 4 is 11.9 Å². The Balaban J connectivity index is 2.66. The zero-order valence-electron chi connectivity index (χ0n) is 14.4. The summed E-state index contributed by atoms with van der Waals surface area (Å²) < 4.78 is 1.27. The van der Waals surface area contributed by atoms with Gasteiger partial charge in [-0.05, 0) is 50.5 Å². The quantitative estimate of drug-likeness (QED) is 0.870. The SMILES string of the molecule is CCC(C)n1c(O)c(C=Nc2cccc(C)c2)c(C)c(C#N)c1=O. The summed E-state index contributed by atoms with van der Waals surface area (Å²) in [7, 11) is 0. The molecule has 5 heteroatoms. The second kappa shape index (κ2) is 7.14. The van der Waals surface area contributed by atoms with Crippen LogP contribution in [0.1, 0.15) is 48.6 Å². The van der Waals surface area contributed by atoms with Gasteiger partial charge in [0.1, 0.15) is 11.6 Å². The second-order valence-electron chi connectivity index (χ2n) is 5.88. The lowest BCUT2D eigenvalue weighted by Crippen LogP contribution is -2.27. The minimum Gasteiger partial charge on any atom is -0.494 e. The van der Waals surface area contributed by atoms with Gasteiger partial charge >= 0.3 is 0 Å². The smallest absolute Gasteiger partial charge is 0.271 e. The van der Waals surface area contributed by atoms with E-state index in [4.69, 9.17) is 0 Å². The van der Waals surface area contributed by atoms with E-state index >= 15 is 0 Å². The molecule has 0 bridgehead atoms. The number of benzene rings is 1. The molecule has 1 aromatic carbocycles. The first-order valence-corrected chi connectivity index (χ1v) is 7.89. The van der Waals surface area contributed by atoms with Crippen LogP contribution in [0.15, 0.2) is 34.1 Å². The summed E-state index contributed by atoms with van der Waals surface area (Å²) in [5.41, 5.74) is 2.23. The monoisotopic (exact) mass is 323 g/mol. The highest BCUT2D eigenvalue weighted by molar-refractivity contribution is 5.87. The molecule has 0 fully saturated rings. The van der Waals surface area contributed by atoms with Crippen molar-refractivity contribution in [2.24, 2.45) is 4.99 Å². The number of rotatable bonds is 4. The molecular weight excluding hydrogens is 302 g/mol. The van der Waals surface area contributed by atoms with Gasteiger partial charge in [-0.15, -0.1) is 0 Å². The van der Waals surface area contributed by atoms with Crippen LogP contribution >= 0.6 is 0 Å². The van der Waals surface area contributed by atoms with Crippen LogP contribution in [-0.4, -0.2) is 15.9 Å². The third-order valence-electron chi connectivity index (χ3n) is 4.17. The van der Waals surface area contributed by atoms with Gasteiger partial charge < -0.3 is 5.11 Å². The molecule has 0 spiro atoms. The third kappa shape index (κ3) is 3.23. The normalized spacial score (nSPS) is 12.3. The molecule has 0 saturated heterocycles. The molecule has 0 aliphatic rings. The van der Waals surface area contributed by atoms with Crippen molar-refractivity contribution in [2.75, 3.05) is 0 Å². The van der Waals surface area contributed by atoms with Crippen molar-refractivity contribution < 1.29 is 5.11 Å². The van der Waals surface area contributed by atoms with Crippen molar-refractivity contribution in [1.29, 1.82) is 5.26 Å². The van der Waals surface area contributed by atoms with Gasteiger partial charge in [-0.1, -0.05) is 19.1 Å². The molecule has 1 N–H and O–H groups in total. The van der Waals surface area contributed by atoms with Crippen molar-refractivity contribution in [2.45, 2.75) is 40.2 Å². The first-order chi connectivity index (χ1) is 11.4. The van der Waals surface area contributed by atoms with Gasteiger partial charge in [0.25, 0.3) is 5.56 Å². The summed E-state index contributed by atoms with van der Waals surface area (Å²) in [6.07, 6.45) is 2.18. The number of aromatic hydroxyl groups is 1. The zero-order chi connectivity index (χ0) is 17.9. The van der Waals surface area contributed by atoms with Gasteiger partial charge in [-0.25, -0.2) is 0 Å². The fourth-order valence-corrected chi connectivity index (χ4v) is 2.53. The van der Waals surface area contributed by atoms with Crippen LogP contribution in [0.4, 0.5) is 5.69 Å². The second-order valence-corrected chi connectivity index (χ2v) is 5.88. The van der Waals surface area contributed by atoms with Gasteiger partial charge in [-0.3, -0.25) is 14.4 Å². The van der Waals surface area contributed by atoms with E-state index in [0.29, 0.717) is 17.5 Å². The molecule has 5 nitrogen and oxygen atoms in total. The van der Waals surface area contributed by atoms with Crippen molar-refractivity contribution in [3.8, 4) is 11.9 Å². The lowest BCUT2D eigenvalue weighted by molar-refractivity contribution is 0.372. The largest absolute Gasteiger partial charge is 0.494 e. The number of nitrogens with zero attached hydrogens (tertiary/aromatic N) is 3. The molecule has 0 aliphatic carbocycles. The number of hydrogen-bond acceptors (Lipinski definition) is 4. The maximum absolute atomic E-state index is 12.4. The minimum atomic E-state index is -0.463. The van der Waals surface area contributed by atoms with Crippen LogP contribution in [0, 0.1) is 25.2 Å². The lowest BCUT2D eigenvalue weighted by Gasteiger charge is -2.18. The lowest BCUT2D eigenvalue weighted by atomic mass is 10.0. The molecule has 0 amide bonds. The van der Waals surface area contributed by atoms with E-state index in [1.54, 1.807) is 6.92 Å². The van der Waals surface area contributed by atoms with E-state index in [1.807, 2.05) is 51.1 Å². The van der Waals surface area contributed by atoms with Gasteiger partial charge in [0, 0.05) is 12.3 Å². The summed E-state index contributed by atoms with van der Waals surface area (Å²) in [4.78, 5) is 16.8. The van der Waals surface area contributed by atoms with Crippen LogP contribution in [0.3, 0.4) is 0 Å². The Hall–Kier alpha value is -2.87. The van der Waals surface area contributed by atoms with E-state index in [9.17, 15) is 15.2 Å². The number of aliphatic imine (C=N–C) groups is 1. The topological polar surface area (TPSA) is 78.4 Å². The summed E-state index contributed by atoms with van der Waals surface area (Å²) in [5, 5.41) is 19.9. The fraction of sp³-hybridized carbons (Fsp3) is 0.316. The molecule has 1 heterocycles. The third-order valence-corrected chi connectivity index (χ3v) is 4.17. The van der Waals surface area contributed by atoms with E-state index in [1.165, 1.54) is 10.8 Å². The summed E-state index contributed by atoms with van der Waals surface area (Å²) in [5.74, 6) is -0.151. The Morgan fingerprint density at radius 3 is 2.71 bits per heavy atom. The van der Waals surface area contributed by atoms with Crippen LogP contribution in [0.2, 0.25) is 0 Å². The number of aromatic nitrogens is 1. The Bertz CT molecular complexity index is 889. The van der Waals surface area contributed by atoms with Crippen LogP contribution < -0.4 is 5.56 Å². The molecule has 0 saturated carbocycles. The number of hydrogen-bond donors (Lipinski definition) is 1. The van der Waals surface area contributed by atoms with Gasteiger partial charge in [0.15, 0.2) is 0 Å². The standard InChI is InChI=1S/C19H21N3O2/c1-5-13(3)22-18(23)16(10-20)14(4)17(19(22)24)11-21-15-8-6-7-12(2)9-15/h6-9,11,13,24H,5H2,1-4H3. The summed E-state index contributed by atoms with van der Waals surface area (Å²) in [6.45, 7) is 7.37. The molecule has 124 valence electrons. The van der Waals surface area contributed by atoms with Crippen molar-refractivity contribution in [3.05, 3.63) is 56.9 Å². The Kier molecular flexibility index (Phi) is 5.20. The van der Waals surface area contributed by atoms with Gasteiger partial charge in [-0.2, -0.15) is 5.26 Å². The van der Waals surface area contributed by atoms with Gasteiger partial charge in [0.2, 0.25) is 5.88 Å². The highest BCUT2D eigenvalue weighted by Gasteiger charge is 2.20. The minimum absolute atomic E-state index is 0.0405. The van der Waals surface area contributed by atoms with Crippen LogP contribution in [-0.2, 0) is 0 Å². The van der Waals surface area contributed by atoms with E-state index in [-0.39, 0.29) is 17.5 Å². The Labute approximate surface area is 141 Å². The molecule has 2 rings (SSSR count). The molecule has 24 heavy (non-hydrogen) atoms. The molecule has 1 aromatic heterocycles. The Morgan fingerprint density at radius 1 is 1.42 bits per heavy atom. The Morgan fingerprint density at radius 2 is 2.12 bits per heavy atom. The molecule has 1 unspecified atom stereocenters. The molecular formula is C19H21N3O2. The van der Waals surface area contributed by atoms with E-state index in [2.05, 4.69) is 4.99 Å². The van der Waals surface area contributed by atoms with E-state index in [0.717, 1.165) is 11.3 Å². The number of nitriles is 1. The number of aryl methyl sites for hydroxylation is 1. The highest BCUT2D eigenvalue weighted by Crippen LogP contribution is 2.25. The average Bonchev–Trinajstić information content (AvgIpc) is 2.55. The van der Waals surface area contributed by atoms with Crippen molar-refractivity contribution in [1.82, 2.24) is 4.57 Å².